The van der Waals surface area contributed by atoms with E-state index >= 15 is 4.39 Å². The predicted octanol–water partition coefficient (Wildman–Crippen LogP) is 4.04. The van der Waals surface area contributed by atoms with Gasteiger partial charge in [0.25, 0.3) is 0 Å². The summed E-state index contributed by atoms with van der Waals surface area (Å²) in [6.07, 6.45) is 5.54. The van der Waals surface area contributed by atoms with E-state index in [1.165, 1.54) is 30.0 Å². The molecule has 3 N–H and O–H groups in total. The number of hydrazine groups is 2. The standard InChI is InChI=1S/C27H36F2N6O2S/c1-3-13-38(36,37)31-24-8-7-23(28)27(26(24)29)35-18-25(30-32-35)21-14-19(4-2)15-22(16-21)34-11-9-33(10-12-34)17-20-5-6-20/h7-8,14-16,18,20,30-32H,3-6,9-13,17H2,1-2H3. The van der Waals surface area contributed by atoms with Crippen molar-refractivity contribution < 1.29 is 17.2 Å². The first kappa shape index (κ1) is 26.7. The van der Waals surface area contributed by atoms with Crippen LogP contribution in [-0.4, -0.2) is 51.8 Å². The maximum atomic E-state index is 15.3. The molecule has 2 aromatic carbocycles. The molecule has 1 saturated heterocycles. The van der Waals surface area contributed by atoms with Crippen molar-refractivity contribution in [2.24, 2.45) is 5.92 Å². The molecule has 2 aromatic rings. The van der Waals surface area contributed by atoms with Crippen molar-refractivity contribution in [1.29, 1.82) is 0 Å². The Kier molecular flexibility index (Phi) is 7.78. The van der Waals surface area contributed by atoms with E-state index in [4.69, 9.17) is 0 Å². The van der Waals surface area contributed by atoms with Crippen LogP contribution in [0.5, 0.6) is 0 Å². The van der Waals surface area contributed by atoms with Crippen LogP contribution in [0.2, 0.25) is 0 Å². The molecule has 0 amide bonds. The zero-order valence-corrected chi connectivity index (χ0v) is 22.8. The van der Waals surface area contributed by atoms with Gasteiger partial charge in [0.05, 0.1) is 17.1 Å². The van der Waals surface area contributed by atoms with Crippen LogP contribution in [0.4, 0.5) is 25.8 Å². The number of hydrogen-bond acceptors (Lipinski definition) is 7. The largest absolute Gasteiger partial charge is 0.369 e. The Morgan fingerprint density at radius 1 is 1.05 bits per heavy atom. The predicted molar refractivity (Wildman–Crippen MR) is 148 cm³/mol. The van der Waals surface area contributed by atoms with Crippen LogP contribution in [0.15, 0.2) is 36.5 Å². The van der Waals surface area contributed by atoms with Gasteiger partial charge in [-0.25, -0.2) is 17.2 Å². The van der Waals surface area contributed by atoms with Crippen molar-refractivity contribution in [3.8, 4) is 0 Å². The molecule has 11 heteroatoms. The number of nitrogens with zero attached hydrogens (tertiary/aromatic N) is 3. The first-order chi connectivity index (χ1) is 18.3. The lowest BCUT2D eigenvalue weighted by Crippen LogP contribution is -2.47. The summed E-state index contributed by atoms with van der Waals surface area (Å²) in [6.45, 7) is 9.06. The number of anilines is 3. The molecule has 5 rings (SSSR count). The molecule has 2 aliphatic heterocycles. The molecule has 0 spiro atoms. The smallest absolute Gasteiger partial charge is 0.232 e. The molecule has 0 unspecified atom stereocenters. The zero-order valence-electron chi connectivity index (χ0n) is 21.9. The molecule has 1 aliphatic carbocycles. The van der Waals surface area contributed by atoms with E-state index in [0.717, 1.165) is 61.9 Å². The minimum absolute atomic E-state index is 0.154. The minimum Gasteiger partial charge on any atom is -0.369 e. The maximum absolute atomic E-state index is 15.3. The fraction of sp³-hybridized carbons (Fsp3) is 0.481. The fourth-order valence-corrected chi connectivity index (χ4v) is 6.11. The van der Waals surface area contributed by atoms with Crippen LogP contribution in [0.1, 0.15) is 44.2 Å². The van der Waals surface area contributed by atoms with Crippen molar-refractivity contribution in [3.63, 3.8) is 0 Å². The Labute approximate surface area is 223 Å². The van der Waals surface area contributed by atoms with Gasteiger partial charge >= 0.3 is 0 Å². The number of piperazine rings is 1. The molecule has 0 bridgehead atoms. The Morgan fingerprint density at radius 3 is 2.50 bits per heavy atom. The second kappa shape index (κ2) is 11.1. The Hall–Kier alpha value is -2.89. The third-order valence-electron chi connectivity index (χ3n) is 7.26. The van der Waals surface area contributed by atoms with Gasteiger partial charge in [-0.2, -0.15) is 0 Å². The van der Waals surface area contributed by atoms with Gasteiger partial charge in [-0.05, 0) is 67.5 Å². The van der Waals surface area contributed by atoms with Crippen LogP contribution in [0, 0.1) is 17.6 Å². The van der Waals surface area contributed by atoms with Crippen LogP contribution in [0.25, 0.3) is 5.70 Å². The fourth-order valence-electron chi connectivity index (χ4n) is 4.98. The number of nitrogens with one attached hydrogen (secondary N) is 3. The summed E-state index contributed by atoms with van der Waals surface area (Å²) in [5, 5.41) is 1.20. The van der Waals surface area contributed by atoms with Gasteiger partial charge in [-0.1, -0.05) is 13.8 Å². The summed E-state index contributed by atoms with van der Waals surface area (Å²) in [6, 6.07) is 8.53. The number of halogens is 2. The Morgan fingerprint density at radius 2 is 1.82 bits per heavy atom. The van der Waals surface area contributed by atoms with Crippen molar-refractivity contribution in [2.45, 2.75) is 39.5 Å². The number of aryl methyl sites for hydroxylation is 1. The quantitative estimate of drug-likeness (QED) is 0.415. The Bertz CT molecular complexity index is 1310. The number of benzene rings is 2. The molecule has 1 saturated carbocycles. The van der Waals surface area contributed by atoms with E-state index in [9.17, 15) is 12.8 Å². The first-order valence-corrected chi connectivity index (χ1v) is 15.0. The SMILES string of the molecule is CCCS(=O)(=O)Nc1ccc(F)c(N2C=C(c3cc(CC)cc(N4CCN(CC5CC5)CC4)c3)NN2)c1F. The summed E-state index contributed by atoms with van der Waals surface area (Å²) in [5.41, 5.74) is 8.98. The first-order valence-electron chi connectivity index (χ1n) is 13.4. The molecular formula is C27H36F2N6O2S. The van der Waals surface area contributed by atoms with Gasteiger partial charge in [-0.3, -0.25) is 14.6 Å². The molecule has 3 aliphatic rings. The van der Waals surface area contributed by atoms with Gasteiger partial charge in [0.1, 0.15) is 5.69 Å². The molecule has 8 nitrogen and oxygen atoms in total. The zero-order chi connectivity index (χ0) is 26.9. The highest BCUT2D eigenvalue weighted by Gasteiger charge is 2.28. The topological polar surface area (TPSA) is 80.0 Å². The summed E-state index contributed by atoms with van der Waals surface area (Å²) in [7, 11) is -3.73. The van der Waals surface area contributed by atoms with E-state index in [-0.39, 0.29) is 11.4 Å². The monoisotopic (exact) mass is 546 g/mol. The number of hydrogen-bond donors (Lipinski definition) is 3. The molecule has 206 valence electrons. The van der Waals surface area contributed by atoms with Gasteiger partial charge in [0.15, 0.2) is 11.6 Å². The van der Waals surface area contributed by atoms with Crippen molar-refractivity contribution in [2.75, 3.05) is 53.1 Å². The van der Waals surface area contributed by atoms with Gasteiger partial charge in [0.2, 0.25) is 10.0 Å². The van der Waals surface area contributed by atoms with Gasteiger partial charge in [-0.15, -0.1) is 5.53 Å². The van der Waals surface area contributed by atoms with Crippen LogP contribution >= 0.6 is 0 Å². The summed E-state index contributed by atoms with van der Waals surface area (Å²) < 4.78 is 56.6. The minimum atomic E-state index is -3.73. The average Bonchev–Trinajstić information content (AvgIpc) is 3.58. The lowest BCUT2D eigenvalue weighted by Gasteiger charge is -2.36. The van der Waals surface area contributed by atoms with Gasteiger partial charge in [0, 0.05) is 50.2 Å². The average molecular weight is 547 g/mol. The Balaban J connectivity index is 1.37. The third-order valence-corrected chi connectivity index (χ3v) is 8.74. The summed E-state index contributed by atoms with van der Waals surface area (Å²) in [5.74, 6) is -1.08. The normalized spacial score (nSPS) is 18.5. The molecule has 38 heavy (non-hydrogen) atoms. The summed E-state index contributed by atoms with van der Waals surface area (Å²) in [4.78, 5) is 4.96. The van der Waals surface area contributed by atoms with Crippen molar-refractivity contribution >= 4 is 32.8 Å². The second-order valence-corrected chi connectivity index (χ2v) is 12.1. The number of rotatable bonds is 10. The van der Waals surface area contributed by atoms with Crippen molar-refractivity contribution in [1.82, 2.24) is 15.9 Å². The molecule has 2 heterocycles. The van der Waals surface area contributed by atoms with Gasteiger partial charge < -0.3 is 10.3 Å². The van der Waals surface area contributed by atoms with Crippen LogP contribution in [-0.2, 0) is 16.4 Å². The van der Waals surface area contributed by atoms with Crippen molar-refractivity contribution in [3.05, 3.63) is 59.3 Å². The lowest BCUT2D eigenvalue weighted by molar-refractivity contribution is 0.248. The lowest BCUT2D eigenvalue weighted by atomic mass is 10.0. The summed E-state index contributed by atoms with van der Waals surface area (Å²) >= 11 is 0. The molecule has 0 radical (unpaired) electrons. The molecule has 2 fully saturated rings. The van der Waals surface area contributed by atoms with Crippen LogP contribution < -0.4 is 25.6 Å². The number of sulfonamides is 1. The highest BCUT2D eigenvalue weighted by atomic mass is 32.2. The van der Waals surface area contributed by atoms with E-state index < -0.39 is 27.3 Å². The molecule has 0 atom stereocenters. The third kappa shape index (κ3) is 6.05. The van der Waals surface area contributed by atoms with E-state index in [2.05, 4.69) is 50.6 Å². The van der Waals surface area contributed by atoms with E-state index in [1.54, 1.807) is 13.1 Å². The van der Waals surface area contributed by atoms with E-state index in [1.807, 2.05) is 0 Å². The maximum Gasteiger partial charge on any atom is 0.232 e. The second-order valence-electron chi connectivity index (χ2n) is 10.3. The van der Waals surface area contributed by atoms with E-state index in [0.29, 0.717) is 12.1 Å². The molecule has 0 aromatic heterocycles. The highest BCUT2D eigenvalue weighted by Crippen LogP contribution is 2.33. The van der Waals surface area contributed by atoms with Crippen LogP contribution in [0.3, 0.4) is 0 Å². The highest BCUT2D eigenvalue weighted by molar-refractivity contribution is 7.92. The molecular weight excluding hydrogens is 510 g/mol.